The highest BCUT2D eigenvalue weighted by Gasteiger charge is 2.20. The van der Waals surface area contributed by atoms with Crippen LogP contribution in [0.15, 0.2) is 0 Å². The van der Waals surface area contributed by atoms with Crippen LogP contribution in [0.4, 0.5) is 0 Å². The highest BCUT2D eigenvalue weighted by atomic mass is 16.5. The van der Waals surface area contributed by atoms with Crippen molar-refractivity contribution in [3.8, 4) is 0 Å². The number of hydrogen-bond donors (Lipinski definition) is 2. The molecule has 0 aromatic heterocycles. The van der Waals surface area contributed by atoms with Crippen molar-refractivity contribution in [2.24, 2.45) is 0 Å². The first-order valence-electron chi connectivity index (χ1n) is 9.69. The lowest BCUT2D eigenvalue weighted by molar-refractivity contribution is -0.145. The first-order valence-corrected chi connectivity index (χ1v) is 9.69. The molecule has 0 aliphatic carbocycles. The van der Waals surface area contributed by atoms with E-state index in [0.717, 1.165) is 51.4 Å². The zero-order valence-corrected chi connectivity index (χ0v) is 16.2. The number of ether oxygens (including phenoxy) is 1. The number of carbonyl (C=O) groups is 3. The van der Waals surface area contributed by atoms with E-state index in [1.165, 1.54) is 7.11 Å². The topological polar surface area (TPSA) is 84.5 Å². The quantitative estimate of drug-likeness (QED) is 0.349. The lowest BCUT2D eigenvalue weighted by Gasteiger charge is -2.16. The summed E-state index contributed by atoms with van der Waals surface area (Å²) in [6.45, 7) is 4.79. The Balaban J connectivity index is 3.98. The van der Waals surface area contributed by atoms with E-state index < -0.39 is 12.0 Å². The van der Waals surface area contributed by atoms with Gasteiger partial charge in [-0.1, -0.05) is 39.5 Å². The molecule has 2 amide bonds. The van der Waals surface area contributed by atoms with E-state index in [2.05, 4.69) is 24.5 Å². The normalized spacial score (nSPS) is 11.6. The van der Waals surface area contributed by atoms with Gasteiger partial charge in [0.2, 0.25) is 11.8 Å². The average molecular weight is 357 g/mol. The summed E-state index contributed by atoms with van der Waals surface area (Å²) < 4.78 is 4.77. The van der Waals surface area contributed by atoms with Crippen LogP contribution in [-0.4, -0.2) is 37.5 Å². The summed E-state index contributed by atoms with van der Waals surface area (Å²) in [5.41, 5.74) is 0. The number of methoxy groups -OCH3 is 1. The fourth-order valence-corrected chi connectivity index (χ4v) is 2.52. The van der Waals surface area contributed by atoms with E-state index in [9.17, 15) is 14.4 Å². The average Bonchev–Trinajstić information content (AvgIpc) is 2.60. The molecular weight excluding hydrogens is 320 g/mol. The second kappa shape index (κ2) is 15.9. The minimum absolute atomic E-state index is 0.0854. The first-order chi connectivity index (χ1) is 12.0. The maximum atomic E-state index is 11.9. The third kappa shape index (κ3) is 13.4. The van der Waals surface area contributed by atoms with Gasteiger partial charge in [0.25, 0.3) is 0 Å². The number of carbonyl (C=O) groups excluding carboxylic acids is 3. The van der Waals surface area contributed by atoms with Gasteiger partial charge in [0.1, 0.15) is 6.04 Å². The molecular formula is C19H36N2O4. The van der Waals surface area contributed by atoms with Crippen LogP contribution >= 0.6 is 0 Å². The number of nitrogens with one attached hydrogen (secondary N) is 2. The Hall–Kier alpha value is -1.59. The minimum Gasteiger partial charge on any atom is -0.467 e. The van der Waals surface area contributed by atoms with E-state index in [1.807, 2.05) is 0 Å². The van der Waals surface area contributed by atoms with Crippen molar-refractivity contribution in [1.82, 2.24) is 10.6 Å². The molecule has 0 saturated heterocycles. The molecule has 0 rings (SSSR count). The van der Waals surface area contributed by atoms with Gasteiger partial charge in [-0.2, -0.15) is 0 Å². The van der Waals surface area contributed by atoms with Gasteiger partial charge in [0, 0.05) is 19.4 Å². The van der Waals surface area contributed by atoms with E-state index in [0.29, 0.717) is 25.8 Å². The van der Waals surface area contributed by atoms with Crippen molar-refractivity contribution >= 4 is 17.8 Å². The lowest BCUT2D eigenvalue weighted by atomic mass is 10.1. The van der Waals surface area contributed by atoms with Gasteiger partial charge in [0.15, 0.2) is 0 Å². The maximum absolute atomic E-state index is 11.9. The van der Waals surface area contributed by atoms with Gasteiger partial charge in [-0.15, -0.1) is 0 Å². The summed E-state index contributed by atoms with van der Waals surface area (Å²) >= 11 is 0. The van der Waals surface area contributed by atoms with Crippen LogP contribution in [-0.2, 0) is 19.1 Å². The number of esters is 1. The Morgan fingerprint density at radius 2 is 1.44 bits per heavy atom. The molecule has 0 spiro atoms. The maximum Gasteiger partial charge on any atom is 0.328 e. The number of amides is 2. The standard InChI is InChI=1S/C19H36N2O4/c1-4-6-8-13-17(22)20-15-11-10-12-16(19(24)25-3)21-18(23)14-9-7-5-2/h16H,4-15H2,1-3H3,(H,20,22)(H,21,23). The second-order valence-corrected chi connectivity index (χ2v) is 6.40. The molecule has 6 nitrogen and oxygen atoms in total. The highest BCUT2D eigenvalue weighted by Crippen LogP contribution is 2.05. The number of hydrogen-bond acceptors (Lipinski definition) is 4. The smallest absolute Gasteiger partial charge is 0.328 e. The van der Waals surface area contributed by atoms with Crippen LogP contribution in [0.25, 0.3) is 0 Å². The van der Waals surface area contributed by atoms with Crippen molar-refractivity contribution in [2.75, 3.05) is 13.7 Å². The second-order valence-electron chi connectivity index (χ2n) is 6.40. The monoisotopic (exact) mass is 356 g/mol. The van der Waals surface area contributed by atoms with Gasteiger partial charge >= 0.3 is 5.97 Å². The summed E-state index contributed by atoms with van der Waals surface area (Å²) in [5.74, 6) is -0.428. The predicted molar refractivity (Wildman–Crippen MR) is 99.1 cm³/mol. The van der Waals surface area contributed by atoms with Crippen LogP contribution in [0, 0.1) is 0 Å². The van der Waals surface area contributed by atoms with Crippen molar-refractivity contribution in [3.63, 3.8) is 0 Å². The molecule has 0 aliphatic rings. The fraction of sp³-hybridized carbons (Fsp3) is 0.842. The van der Waals surface area contributed by atoms with E-state index in [-0.39, 0.29) is 11.8 Å². The third-order valence-corrected chi connectivity index (χ3v) is 4.08. The fourth-order valence-electron chi connectivity index (χ4n) is 2.52. The SMILES string of the molecule is CCCCCC(=O)NCCCCC(NC(=O)CCCCC)C(=O)OC. The zero-order valence-electron chi connectivity index (χ0n) is 16.2. The summed E-state index contributed by atoms with van der Waals surface area (Å²) in [7, 11) is 1.33. The molecule has 146 valence electrons. The van der Waals surface area contributed by atoms with Crippen LogP contribution in [0.3, 0.4) is 0 Å². The molecule has 0 aliphatic heterocycles. The largest absolute Gasteiger partial charge is 0.467 e. The van der Waals surface area contributed by atoms with Crippen LogP contribution in [0.2, 0.25) is 0 Å². The van der Waals surface area contributed by atoms with E-state index >= 15 is 0 Å². The Morgan fingerprint density at radius 1 is 0.840 bits per heavy atom. The van der Waals surface area contributed by atoms with Crippen LogP contribution in [0.5, 0.6) is 0 Å². The van der Waals surface area contributed by atoms with Gasteiger partial charge in [0.05, 0.1) is 7.11 Å². The van der Waals surface area contributed by atoms with Crippen molar-refractivity contribution in [2.45, 2.75) is 90.5 Å². The highest BCUT2D eigenvalue weighted by molar-refractivity contribution is 5.84. The molecule has 0 aromatic carbocycles. The summed E-state index contributed by atoms with van der Waals surface area (Å²) in [4.78, 5) is 35.3. The zero-order chi connectivity index (χ0) is 18.9. The molecule has 0 heterocycles. The molecule has 1 unspecified atom stereocenters. The molecule has 1 atom stereocenters. The summed E-state index contributed by atoms with van der Waals surface area (Å²) in [6.07, 6.45) is 9.06. The molecule has 0 saturated carbocycles. The third-order valence-electron chi connectivity index (χ3n) is 4.08. The Morgan fingerprint density at radius 3 is 2.00 bits per heavy atom. The Labute approximate surface area is 152 Å². The van der Waals surface area contributed by atoms with Gasteiger partial charge < -0.3 is 15.4 Å². The molecule has 6 heteroatoms. The van der Waals surface area contributed by atoms with E-state index in [4.69, 9.17) is 4.74 Å². The van der Waals surface area contributed by atoms with Gasteiger partial charge in [-0.25, -0.2) is 4.79 Å². The summed E-state index contributed by atoms with van der Waals surface area (Å²) in [5, 5.41) is 5.65. The molecule has 25 heavy (non-hydrogen) atoms. The van der Waals surface area contributed by atoms with Crippen molar-refractivity contribution in [3.05, 3.63) is 0 Å². The van der Waals surface area contributed by atoms with Crippen LogP contribution < -0.4 is 10.6 Å². The number of rotatable bonds is 15. The molecule has 0 radical (unpaired) electrons. The minimum atomic E-state index is -0.598. The van der Waals surface area contributed by atoms with Gasteiger partial charge in [-0.05, 0) is 32.1 Å². The number of unbranched alkanes of at least 4 members (excludes halogenated alkanes) is 5. The Bertz CT molecular complexity index is 386. The van der Waals surface area contributed by atoms with Crippen molar-refractivity contribution < 1.29 is 19.1 Å². The molecule has 2 N–H and O–H groups in total. The molecule has 0 bridgehead atoms. The van der Waals surface area contributed by atoms with Crippen molar-refractivity contribution in [1.29, 1.82) is 0 Å². The predicted octanol–water partition coefficient (Wildman–Crippen LogP) is 3.09. The molecule has 0 aromatic rings. The Kier molecular flexibility index (Phi) is 14.9. The molecule has 0 fully saturated rings. The summed E-state index contributed by atoms with van der Waals surface area (Å²) in [6, 6.07) is -0.598. The van der Waals surface area contributed by atoms with Crippen LogP contribution in [0.1, 0.15) is 84.5 Å². The first kappa shape index (κ1) is 23.4. The lowest BCUT2D eigenvalue weighted by Crippen LogP contribution is -2.41. The van der Waals surface area contributed by atoms with Gasteiger partial charge in [-0.3, -0.25) is 9.59 Å². The van der Waals surface area contributed by atoms with E-state index in [1.54, 1.807) is 0 Å².